The fraction of sp³-hybridized carbons (Fsp3) is 0.214. The third-order valence-electron chi connectivity index (χ3n) is 3.06. The van der Waals surface area contributed by atoms with Crippen LogP contribution in [0.5, 0.6) is 0 Å². The maximum Gasteiger partial charge on any atom is 0.325 e. The van der Waals surface area contributed by atoms with Gasteiger partial charge in [0.05, 0.1) is 12.0 Å². The minimum Gasteiger partial charge on any atom is -0.468 e. The van der Waals surface area contributed by atoms with Crippen molar-refractivity contribution in [2.75, 3.05) is 13.7 Å². The molecule has 112 valence electrons. The molecule has 0 saturated carbocycles. The van der Waals surface area contributed by atoms with Crippen LogP contribution in [-0.2, 0) is 19.6 Å². The van der Waals surface area contributed by atoms with Crippen LogP contribution in [0.2, 0.25) is 0 Å². The van der Waals surface area contributed by atoms with Crippen LogP contribution in [0, 0.1) is 0 Å². The van der Waals surface area contributed by atoms with E-state index in [0.29, 0.717) is 5.39 Å². The Kier molecular flexibility index (Phi) is 4.56. The summed E-state index contributed by atoms with van der Waals surface area (Å²) in [7, 11) is -2.71. The lowest BCUT2D eigenvalue weighted by molar-refractivity contribution is -0.142. The summed E-state index contributed by atoms with van der Waals surface area (Å²) in [5.41, 5.74) is 5.42. The van der Waals surface area contributed by atoms with Gasteiger partial charge in [0.25, 0.3) is 0 Å². The van der Waals surface area contributed by atoms with Gasteiger partial charge in [-0.2, -0.15) is 4.72 Å². The molecule has 1 atom stereocenters. The van der Waals surface area contributed by atoms with Crippen LogP contribution in [0.3, 0.4) is 0 Å². The normalized spacial score (nSPS) is 13.0. The lowest BCUT2D eigenvalue weighted by atomic mass is 10.1. The Balaban J connectivity index is 2.45. The number of fused-ring (bicyclic) bond motifs is 1. The number of benzene rings is 2. The molecular weight excluding hydrogens is 292 g/mol. The highest BCUT2D eigenvalue weighted by molar-refractivity contribution is 7.89. The Hall–Kier alpha value is -1.96. The van der Waals surface area contributed by atoms with Gasteiger partial charge in [-0.05, 0) is 11.5 Å². The number of methoxy groups -OCH3 is 1. The molecule has 0 amide bonds. The first-order valence-electron chi connectivity index (χ1n) is 6.27. The van der Waals surface area contributed by atoms with Gasteiger partial charge >= 0.3 is 5.97 Å². The summed E-state index contributed by atoms with van der Waals surface area (Å²) >= 11 is 0. The first kappa shape index (κ1) is 15.4. The number of carbonyl (C=O) groups is 1. The van der Waals surface area contributed by atoms with Crippen molar-refractivity contribution in [3.05, 3.63) is 42.5 Å². The first-order valence-corrected chi connectivity index (χ1v) is 7.76. The fourth-order valence-corrected chi connectivity index (χ4v) is 3.44. The second kappa shape index (κ2) is 6.21. The predicted molar refractivity (Wildman–Crippen MR) is 79.1 cm³/mol. The van der Waals surface area contributed by atoms with E-state index in [2.05, 4.69) is 9.46 Å². The largest absolute Gasteiger partial charge is 0.468 e. The van der Waals surface area contributed by atoms with Gasteiger partial charge in [-0.3, -0.25) is 4.79 Å². The van der Waals surface area contributed by atoms with Crippen molar-refractivity contribution in [3.63, 3.8) is 0 Å². The van der Waals surface area contributed by atoms with E-state index in [1.165, 1.54) is 13.2 Å². The number of nitrogens with two attached hydrogens (primary N) is 1. The summed E-state index contributed by atoms with van der Waals surface area (Å²) in [6.07, 6.45) is 0. The highest BCUT2D eigenvalue weighted by atomic mass is 32.2. The minimum atomic E-state index is -3.88. The monoisotopic (exact) mass is 308 g/mol. The molecule has 2 aromatic carbocycles. The van der Waals surface area contributed by atoms with E-state index in [1.807, 2.05) is 18.2 Å². The van der Waals surface area contributed by atoms with E-state index >= 15 is 0 Å². The molecule has 7 heteroatoms. The number of sulfonamides is 1. The van der Waals surface area contributed by atoms with Crippen LogP contribution in [0.4, 0.5) is 0 Å². The summed E-state index contributed by atoms with van der Waals surface area (Å²) < 4.78 is 31.7. The molecule has 0 aromatic heterocycles. The average Bonchev–Trinajstić information content (AvgIpc) is 2.51. The maximum absolute atomic E-state index is 12.5. The van der Waals surface area contributed by atoms with Gasteiger partial charge in [0.2, 0.25) is 10.0 Å². The van der Waals surface area contributed by atoms with E-state index in [1.54, 1.807) is 18.2 Å². The lowest BCUT2D eigenvalue weighted by Crippen LogP contribution is -2.46. The smallest absolute Gasteiger partial charge is 0.325 e. The van der Waals surface area contributed by atoms with E-state index in [9.17, 15) is 13.2 Å². The molecule has 0 fully saturated rings. The van der Waals surface area contributed by atoms with Crippen molar-refractivity contribution < 1.29 is 17.9 Å². The van der Waals surface area contributed by atoms with Crippen LogP contribution < -0.4 is 10.5 Å². The molecule has 0 radical (unpaired) electrons. The number of carbonyl (C=O) groups excluding carboxylic acids is 1. The summed E-state index contributed by atoms with van der Waals surface area (Å²) in [6.45, 7) is -0.184. The van der Waals surface area contributed by atoms with Crippen molar-refractivity contribution >= 4 is 26.8 Å². The van der Waals surface area contributed by atoms with Gasteiger partial charge in [-0.1, -0.05) is 36.4 Å². The summed E-state index contributed by atoms with van der Waals surface area (Å²) in [6, 6.07) is 10.9. The zero-order chi connectivity index (χ0) is 15.5. The first-order chi connectivity index (χ1) is 9.99. The van der Waals surface area contributed by atoms with E-state index < -0.39 is 22.0 Å². The third-order valence-corrected chi connectivity index (χ3v) is 4.59. The standard InChI is InChI=1S/C14H16N2O4S/c1-20-14(17)12(9-15)16-21(18,19)13-8-4-6-10-5-2-3-7-11(10)13/h2-8,12,16H,9,15H2,1H3/t12-/m0/s1. The molecule has 0 aliphatic carbocycles. The summed E-state index contributed by atoms with van der Waals surface area (Å²) in [5, 5.41) is 1.37. The van der Waals surface area contributed by atoms with E-state index in [0.717, 1.165) is 5.39 Å². The Labute approximate surface area is 122 Å². The molecule has 0 bridgehead atoms. The van der Waals surface area contributed by atoms with Gasteiger partial charge < -0.3 is 10.5 Å². The number of hydrogen-bond donors (Lipinski definition) is 2. The Morgan fingerprint density at radius 1 is 1.24 bits per heavy atom. The summed E-state index contributed by atoms with van der Waals surface area (Å²) in [5.74, 6) is -0.721. The summed E-state index contributed by atoms with van der Waals surface area (Å²) in [4.78, 5) is 11.6. The van der Waals surface area contributed by atoms with Crippen LogP contribution in [0.15, 0.2) is 47.4 Å². The molecule has 6 nitrogen and oxygen atoms in total. The Morgan fingerprint density at radius 3 is 2.57 bits per heavy atom. The Bertz CT molecular complexity index is 753. The molecule has 21 heavy (non-hydrogen) atoms. The van der Waals surface area contributed by atoms with Crippen molar-refractivity contribution in [1.82, 2.24) is 4.72 Å². The van der Waals surface area contributed by atoms with Crippen LogP contribution in [0.1, 0.15) is 0 Å². The number of esters is 1. The van der Waals surface area contributed by atoms with Crippen molar-refractivity contribution in [2.24, 2.45) is 5.73 Å². The van der Waals surface area contributed by atoms with Gasteiger partial charge in [0.15, 0.2) is 0 Å². The zero-order valence-electron chi connectivity index (χ0n) is 11.4. The predicted octanol–water partition coefficient (Wildman–Crippen LogP) is 0.618. The number of nitrogens with one attached hydrogen (secondary N) is 1. The van der Waals surface area contributed by atoms with Crippen LogP contribution in [-0.4, -0.2) is 34.1 Å². The second-order valence-corrected chi connectivity index (χ2v) is 6.09. The topological polar surface area (TPSA) is 98.5 Å². The van der Waals surface area contributed by atoms with Crippen molar-refractivity contribution in [1.29, 1.82) is 0 Å². The second-order valence-electron chi connectivity index (χ2n) is 4.41. The van der Waals surface area contributed by atoms with Crippen LogP contribution in [0.25, 0.3) is 10.8 Å². The average molecular weight is 308 g/mol. The molecule has 0 unspecified atom stereocenters. The number of hydrogen-bond acceptors (Lipinski definition) is 5. The van der Waals surface area contributed by atoms with Gasteiger partial charge in [0, 0.05) is 11.9 Å². The molecule has 2 rings (SSSR count). The van der Waals surface area contributed by atoms with Gasteiger partial charge in [0.1, 0.15) is 6.04 Å². The molecular formula is C14H16N2O4S. The molecule has 0 saturated heterocycles. The molecule has 0 aliphatic rings. The fourth-order valence-electron chi connectivity index (χ4n) is 2.02. The SMILES string of the molecule is COC(=O)[C@H](CN)NS(=O)(=O)c1cccc2ccccc12. The molecule has 2 aromatic rings. The van der Waals surface area contributed by atoms with Crippen molar-refractivity contribution in [3.8, 4) is 0 Å². The molecule has 0 spiro atoms. The minimum absolute atomic E-state index is 0.1000. The number of rotatable bonds is 5. The van der Waals surface area contributed by atoms with Crippen molar-refractivity contribution in [2.45, 2.75) is 10.9 Å². The number of ether oxygens (including phenoxy) is 1. The highest BCUT2D eigenvalue weighted by Gasteiger charge is 2.26. The van der Waals surface area contributed by atoms with Gasteiger partial charge in [-0.15, -0.1) is 0 Å². The quantitative estimate of drug-likeness (QED) is 0.789. The highest BCUT2D eigenvalue weighted by Crippen LogP contribution is 2.22. The molecule has 0 heterocycles. The molecule has 0 aliphatic heterocycles. The third kappa shape index (κ3) is 3.21. The zero-order valence-corrected chi connectivity index (χ0v) is 12.3. The van der Waals surface area contributed by atoms with Crippen LogP contribution >= 0.6 is 0 Å². The van der Waals surface area contributed by atoms with E-state index in [-0.39, 0.29) is 11.4 Å². The lowest BCUT2D eigenvalue weighted by Gasteiger charge is -2.15. The van der Waals surface area contributed by atoms with Gasteiger partial charge in [-0.25, -0.2) is 8.42 Å². The van der Waals surface area contributed by atoms with E-state index in [4.69, 9.17) is 5.73 Å². The Morgan fingerprint density at radius 2 is 1.90 bits per heavy atom. The maximum atomic E-state index is 12.5. The molecule has 3 N–H and O–H groups in total.